The zero-order chi connectivity index (χ0) is 9.52. The Labute approximate surface area is 77.4 Å². The Bertz CT molecular complexity index is 236. The molecule has 0 saturated heterocycles. The van der Waals surface area contributed by atoms with Crippen LogP contribution < -0.4 is 9.39 Å². The van der Waals surface area contributed by atoms with Crippen molar-refractivity contribution in [2.45, 2.75) is 0 Å². The van der Waals surface area contributed by atoms with Crippen molar-refractivity contribution in [1.82, 2.24) is 0 Å². The van der Waals surface area contributed by atoms with E-state index in [0.29, 0.717) is 11.5 Å². The minimum Gasteiger partial charge on any atom is -0.539 e. The van der Waals surface area contributed by atoms with Crippen LogP contribution in [0.5, 0.6) is 11.5 Å². The summed E-state index contributed by atoms with van der Waals surface area (Å²) in [5.41, 5.74) is 0. The van der Waals surface area contributed by atoms with Crippen LogP contribution in [0.4, 0.5) is 0 Å². The lowest BCUT2D eigenvalue weighted by molar-refractivity contribution is 0.0511. The summed E-state index contributed by atoms with van der Waals surface area (Å²) in [6, 6.07) is 6.90. The van der Waals surface area contributed by atoms with Gasteiger partial charge in [0.1, 0.15) is 11.5 Å². The largest absolute Gasteiger partial charge is 0.539 e. The SMILES string of the molecule is COCOc1ccc(OBO)cc1. The monoisotopic (exact) mass is 182 g/mol. The molecule has 0 aliphatic rings. The Hall–Kier alpha value is -1.20. The van der Waals surface area contributed by atoms with Crippen LogP contribution >= 0.6 is 0 Å². The Morgan fingerprint density at radius 3 is 2.38 bits per heavy atom. The van der Waals surface area contributed by atoms with E-state index in [1.54, 1.807) is 31.4 Å². The van der Waals surface area contributed by atoms with Gasteiger partial charge < -0.3 is 19.2 Å². The quantitative estimate of drug-likeness (QED) is 0.525. The lowest BCUT2D eigenvalue weighted by Gasteiger charge is -2.05. The minimum atomic E-state index is -0.321. The van der Waals surface area contributed by atoms with E-state index in [1.165, 1.54) is 0 Å². The van der Waals surface area contributed by atoms with Crippen LogP contribution in [0.1, 0.15) is 0 Å². The molecule has 1 N–H and O–H groups in total. The van der Waals surface area contributed by atoms with Crippen LogP contribution in [0.15, 0.2) is 24.3 Å². The number of rotatable bonds is 5. The van der Waals surface area contributed by atoms with E-state index >= 15 is 0 Å². The van der Waals surface area contributed by atoms with E-state index in [1.807, 2.05) is 0 Å². The van der Waals surface area contributed by atoms with Gasteiger partial charge in [0.2, 0.25) is 0 Å². The molecule has 0 unspecified atom stereocenters. The first kappa shape index (κ1) is 9.89. The lowest BCUT2D eigenvalue weighted by Crippen LogP contribution is -2.00. The van der Waals surface area contributed by atoms with Crippen molar-refractivity contribution in [2.24, 2.45) is 0 Å². The first-order chi connectivity index (χ1) is 6.36. The molecule has 1 rings (SSSR count). The predicted molar refractivity (Wildman–Crippen MR) is 48.9 cm³/mol. The standard InChI is InChI=1S/C8H11BO4/c1-11-6-12-7-2-4-8(5-3-7)13-9-10/h2-5,9-10H,6H2,1H3. The van der Waals surface area contributed by atoms with E-state index in [0.717, 1.165) is 0 Å². The third kappa shape index (κ3) is 3.35. The van der Waals surface area contributed by atoms with E-state index in [-0.39, 0.29) is 14.5 Å². The molecule has 0 atom stereocenters. The van der Waals surface area contributed by atoms with Gasteiger partial charge in [0, 0.05) is 7.11 Å². The predicted octanol–water partition coefficient (Wildman–Crippen LogP) is 0.307. The Balaban J connectivity index is 2.48. The maximum atomic E-state index is 8.46. The zero-order valence-electron chi connectivity index (χ0n) is 7.40. The molecule has 13 heavy (non-hydrogen) atoms. The van der Waals surface area contributed by atoms with Crippen LogP contribution in [0.3, 0.4) is 0 Å². The van der Waals surface area contributed by atoms with Crippen molar-refractivity contribution in [3.05, 3.63) is 24.3 Å². The summed E-state index contributed by atoms with van der Waals surface area (Å²) < 4.78 is 14.7. The average Bonchev–Trinajstić information content (AvgIpc) is 2.17. The van der Waals surface area contributed by atoms with Crippen LogP contribution in [0.2, 0.25) is 0 Å². The highest BCUT2D eigenvalue weighted by Crippen LogP contribution is 2.16. The third-order valence-corrected chi connectivity index (χ3v) is 1.40. The molecular formula is C8H11BO4. The van der Waals surface area contributed by atoms with E-state index in [4.69, 9.17) is 19.2 Å². The van der Waals surface area contributed by atoms with Crippen molar-refractivity contribution < 1.29 is 19.2 Å². The molecule has 0 aromatic heterocycles. The highest BCUT2D eigenvalue weighted by molar-refractivity contribution is 6.17. The summed E-state index contributed by atoms with van der Waals surface area (Å²) in [7, 11) is 1.24. The molecule has 0 saturated carbocycles. The summed E-state index contributed by atoms with van der Waals surface area (Å²) in [5.74, 6) is 1.31. The highest BCUT2D eigenvalue weighted by Gasteiger charge is 1.95. The second kappa shape index (κ2) is 5.45. The molecule has 1 aromatic carbocycles. The highest BCUT2D eigenvalue weighted by atomic mass is 16.7. The molecule has 70 valence electrons. The fourth-order valence-electron chi connectivity index (χ4n) is 0.834. The summed E-state index contributed by atoms with van der Waals surface area (Å²) in [4.78, 5) is 0. The molecule has 0 spiro atoms. The molecular weight excluding hydrogens is 171 g/mol. The maximum Gasteiger partial charge on any atom is 0.504 e. The lowest BCUT2D eigenvalue weighted by atomic mass is 10.3. The summed E-state index contributed by atoms with van der Waals surface area (Å²) in [6.45, 7) is 0.222. The van der Waals surface area contributed by atoms with Crippen molar-refractivity contribution in [3.8, 4) is 11.5 Å². The van der Waals surface area contributed by atoms with E-state index in [9.17, 15) is 0 Å². The topological polar surface area (TPSA) is 47.9 Å². The van der Waals surface area contributed by atoms with Crippen molar-refractivity contribution in [2.75, 3.05) is 13.9 Å². The number of hydrogen-bond donors (Lipinski definition) is 1. The van der Waals surface area contributed by atoms with Gasteiger partial charge in [-0.3, -0.25) is 0 Å². The molecule has 0 fully saturated rings. The van der Waals surface area contributed by atoms with Gasteiger partial charge in [-0.2, -0.15) is 0 Å². The fourth-order valence-corrected chi connectivity index (χ4v) is 0.834. The zero-order valence-corrected chi connectivity index (χ0v) is 7.40. The molecule has 0 heterocycles. The van der Waals surface area contributed by atoms with Crippen molar-refractivity contribution in [3.63, 3.8) is 0 Å². The van der Waals surface area contributed by atoms with Crippen LogP contribution in [-0.2, 0) is 4.74 Å². The molecule has 5 heteroatoms. The van der Waals surface area contributed by atoms with Gasteiger partial charge in [0.05, 0.1) is 0 Å². The number of hydrogen-bond acceptors (Lipinski definition) is 4. The van der Waals surface area contributed by atoms with Crippen LogP contribution in [0, 0.1) is 0 Å². The normalized spacial score (nSPS) is 9.38. The first-order valence-corrected chi connectivity index (χ1v) is 3.82. The van der Waals surface area contributed by atoms with Crippen molar-refractivity contribution >= 4 is 7.69 Å². The Morgan fingerprint density at radius 2 is 1.85 bits per heavy atom. The van der Waals surface area contributed by atoms with Crippen molar-refractivity contribution in [1.29, 1.82) is 0 Å². The third-order valence-electron chi connectivity index (χ3n) is 1.40. The summed E-state index contributed by atoms with van der Waals surface area (Å²) in [6.07, 6.45) is 0. The van der Waals surface area contributed by atoms with E-state index in [2.05, 4.69) is 0 Å². The number of methoxy groups -OCH3 is 1. The van der Waals surface area contributed by atoms with Crippen LogP contribution in [-0.4, -0.2) is 26.6 Å². The summed E-state index contributed by atoms with van der Waals surface area (Å²) in [5, 5.41) is 8.46. The molecule has 0 aliphatic heterocycles. The molecule has 0 aliphatic carbocycles. The molecule has 4 nitrogen and oxygen atoms in total. The maximum absolute atomic E-state index is 8.46. The number of ether oxygens (including phenoxy) is 2. The van der Waals surface area contributed by atoms with Gasteiger partial charge in [0.15, 0.2) is 6.79 Å². The van der Waals surface area contributed by atoms with Crippen LogP contribution in [0.25, 0.3) is 0 Å². The molecule has 1 aromatic rings. The second-order valence-electron chi connectivity index (χ2n) is 2.30. The minimum absolute atomic E-state index is 0.222. The molecule has 0 bridgehead atoms. The molecule has 0 radical (unpaired) electrons. The fraction of sp³-hybridized carbons (Fsp3) is 0.250. The van der Waals surface area contributed by atoms with Gasteiger partial charge in [-0.05, 0) is 24.3 Å². The first-order valence-electron chi connectivity index (χ1n) is 3.82. The number of benzene rings is 1. The molecule has 0 amide bonds. The van der Waals surface area contributed by atoms with Gasteiger partial charge >= 0.3 is 7.69 Å². The summed E-state index contributed by atoms with van der Waals surface area (Å²) >= 11 is 0. The van der Waals surface area contributed by atoms with Gasteiger partial charge in [-0.15, -0.1) is 0 Å². The van der Waals surface area contributed by atoms with Gasteiger partial charge in [-0.25, -0.2) is 0 Å². The van der Waals surface area contributed by atoms with Gasteiger partial charge in [-0.1, -0.05) is 0 Å². The average molecular weight is 182 g/mol. The Morgan fingerprint density at radius 1 is 1.23 bits per heavy atom. The second-order valence-corrected chi connectivity index (χ2v) is 2.30. The Kier molecular flexibility index (Phi) is 4.15. The van der Waals surface area contributed by atoms with Gasteiger partial charge in [0.25, 0.3) is 0 Å². The smallest absolute Gasteiger partial charge is 0.504 e. The van der Waals surface area contributed by atoms with E-state index < -0.39 is 0 Å².